The quantitative estimate of drug-likeness (QED) is 0.813. The first-order valence-electron chi connectivity index (χ1n) is 7.41. The monoisotopic (exact) mass is 300 g/mol. The van der Waals surface area contributed by atoms with Crippen LogP contribution in [0.15, 0.2) is 0 Å². The number of methoxy groups -OCH3 is 1. The number of rotatable bonds is 5. The van der Waals surface area contributed by atoms with Gasteiger partial charge >= 0.3 is 12.0 Å². The highest BCUT2D eigenvalue weighted by Crippen LogP contribution is 2.34. The third kappa shape index (κ3) is 4.59. The number of carbonyl (C=O) groups excluding carboxylic acids is 1. The summed E-state index contributed by atoms with van der Waals surface area (Å²) in [6.07, 6.45) is 1.68. The van der Waals surface area contributed by atoms with Gasteiger partial charge in [0.2, 0.25) is 0 Å². The Labute approximate surface area is 126 Å². The smallest absolute Gasteiger partial charge is 0.317 e. The van der Waals surface area contributed by atoms with Gasteiger partial charge in [-0.2, -0.15) is 0 Å². The second-order valence-corrected chi connectivity index (χ2v) is 6.93. The van der Waals surface area contributed by atoms with Crippen molar-refractivity contribution in [3.63, 3.8) is 0 Å². The number of hydrogen-bond donors (Lipinski definition) is 2. The standard InChI is InChI=1S/C15H28N2O4/c1-14(2,21-5)10-16-13(20)17-8-6-7-11(9-17)15(3,4)12(18)19/h11H,6-10H2,1-5H3,(H,16,20)(H,18,19). The van der Waals surface area contributed by atoms with Gasteiger partial charge in [-0.3, -0.25) is 4.79 Å². The third-order valence-corrected chi connectivity index (χ3v) is 4.50. The van der Waals surface area contributed by atoms with E-state index in [0.717, 1.165) is 12.8 Å². The van der Waals surface area contributed by atoms with Crippen LogP contribution >= 0.6 is 0 Å². The van der Waals surface area contributed by atoms with E-state index in [4.69, 9.17) is 4.74 Å². The Hall–Kier alpha value is -1.30. The molecule has 0 aliphatic carbocycles. The van der Waals surface area contributed by atoms with Crippen LogP contribution in [0.4, 0.5) is 4.79 Å². The predicted octanol–water partition coefficient (Wildman–Crippen LogP) is 1.94. The van der Waals surface area contributed by atoms with Crippen LogP contribution in [0.25, 0.3) is 0 Å². The second kappa shape index (κ2) is 6.64. The molecule has 1 saturated heterocycles. The molecule has 0 aromatic rings. The highest BCUT2D eigenvalue weighted by atomic mass is 16.5. The number of carboxylic acid groups (broad SMARTS) is 1. The lowest BCUT2D eigenvalue weighted by molar-refractivity contribution is -0.151. The molecule has 1 heterocycles. The van der Waals surface area contributed by atoms with Crippen LogP contribution in [0.5, 0.6) is 0 Å². The van der Waals surface area contributed by atoms with E-state index >= 15 is 0 Å². The molecule has 0 aromatic carbocycles. The van der Waals surface area contributed by atoms with E-state index in [1.54, 1.807) is 25.9 Å². The maximum Gasteiger partial charge on any atom is 0.317 e. The van der Waals surface area contributed by atoms with Crippen molar-refractivity contribution in [1.82, 2.24) is 10.2 Å². The molecule has 0 saturated carbocycles. The van der Waals surface area contributed by atoms with Gasteiger partial charge in [0.05, 0.1) is 11.0 Å². The average Bonchev–Trinajstić information content (AvgIpc) is 2.44. The van der Waals surface area contributed by atoms with Gasteiger partial charge in [-0.1, -0.05) is 0 Å². The fourth-order valence-corrected chi connectivity index (χ4v) is 2.40. The molecule has 1 rings (SSSR count). The van der Waals surface area contributed by atoms with E-state index < -0.39 is 17.0 Å². The normalized spacial score (nSPS) is 20.2. The van der Waals surface area contributed by atoms with Crippen LogP contribution in [0, 0.1) is 11.3 Å². The maximum atomic E-state index is 12.2. The summed E-state index contributed by atoms with van der Waals surface area (Å²) in [4.78, 5) is 25.3. The summed E-state index contributed by atoms with van der Waals surface area (Å²) in [6.45, 7) is 8.85. The number of amides is 2. The Balaban J connectivity index is 2.60. The van der Waals surface area contributed by atoms with E-state index in [1.165, 1.54) is 0 Å². The number of likely N-dealkylation sites (tertiary alicyclic amines) is 1. The summed E-state index contributed by atoms with van der Waals surface area (Å²) < 4.78 is 5.27. The summed E-state index contributed by atoms with van der Waals surface area (Å²) in [5.74, 6) is -0.833. The lowest BCUT2D eigenvalue weighted by Gasteiger charge is -2.39. The van der Waals surface area contributed by atoms with Crippen molar-refractivity contribution >= 4 is 12.0 Å². The molecule has 1 fully saturated rings. The first kappa shape index (κ1) is 17.8. The minimum absolute atomic E-state index is 0.0232. The van der Waals surface area contributed by atoms with E-state index in [9.17, 15) is 14.7 Å². The van der Waals surface area contributed by atoms with Gasteiger partial charge in [-0.15, -0.1) is 0 Å². The lowest BCUT2D eigenvalue weighted by atomic mass is 9.74. The Morgan fingerprint density at radius 2 is 1.95 bits per heavy atom. The van der Waals surface area contributed by atoms with Gasteiger partial charge in [0.15, 0.2) is 0 Å². The van der Waals surface area contributed by atoms with Crippen molar-refractivity contribution in [2.75, 3.05) is 26.7 Å². The molecule has 2 N–H and O–H groups in total. The number of nitrogens with one attached hydrogen (secondary N) is 1. The topological polar surface area (TPSA) is 78.9 Å². The highest BCUT2D eigenvalue weighted by Gasteiger charge is 2.40. The van der Waals surface area contributed by atoms with Crippen LogP contribution < -0.4 is 5.32 Å². The van der Waals surface area contributed by atoms with Crippen LogP contribution in [0.1, 0.15) is 40.5 Å². The molecule has 0 radical (unpaired) electrons. The predicted molar refractivity (Wildman–Crippen MR) is 80.2 cm³/mol. The van der Waals surface area contributed by atoms with Crippen LogP contribution in [0.3, 0.4) is 0 Å². The Bertz CT molecular complexity index is 393. The average molecular weight is 300 g/mol. The third-order valence-electron chi connectivity index (χ3n) is 4.50. The molecule has 0 bridgehead atoms. The zero-order valence-corrected chi connectivity index (χ0v) is 13.7. The van der Waals surface area contributed by atoms with Crippen LogP contribution in [-0.4, -0.2) is 54.4 Å². The van der Waals surface area contributed by atoms with Gasteiger partial charge in [0, 0.05) is 26.7 Å². The van der Waals surface area contributed by atoms with Crippen molar-refractivity contribution in [3.05, 3.63) is 0 Å². The molecule has 0 aromatic heterocycles. The first-order valence-corrected chi connectivity index (χ1v) is 7.41. The summed E-state index contributed by atoms with van der Waals surface area (Å²) >= 11 is 0. The van der Waals surface area contributed by atoms with Gasteiger partial charge in [-0.05, 0) is 46.5 Å². The molecular weight excluding hydrogens is 272 g/mol. The van der Waals surface area contributed by atoms with E-state index in [1.807, 2.05) is 13.8 Å². The molecule has 2 amide bonds. The summed E-state index contributed by atoms with van der Waals surface area (Å²) in [6, 6.07) is -0.147. The van der Waals surface area contributed by atoms with Gasteiger partial charge < -0.3 is 20.1 Å². The number of aliphatic carboxylic acids is 1. The van der Waals surface area contributed by atoms with Crippen LogP contribution in [0.2, 0.25) is 0 Å². The minimum atomic E-state index is -0.815. The minimum Gasteiger partial charge on any atom is -0.481 e. The molecule has 6 nitrogen and oxygen atoms in total. The molecule has 1 unspecified atom stereocenters. The van der Waals surface area contributed by atoms with Crippen molar-refractivity contribution < 1.29 is 19.4 Å². The fourth-order valence-electron chi connectivity index (χ4n) is 2.40. The Morgan fingerprint density at radius 3 is 2.48 bits per heavy atom. The summed E-state index contributed by atoms with van der Waals surface area (Å²) in [5.41, 5.74) is -1.23. The van der Waals surface area contributed by atoms with Crippen molar-refractivity contribution in [2.24, 2.45) is 11.3 Å². The van der Waals surface area contributed by atoms with Crippen molar-refractivity contribution in [3.8, 4) is 0 Å². The molecule has 1 aliphatic heterocycles. The Kier molecular flexibility index (Phi) is 5.61. The van der Waals surface area contributed by atoms with E-state index in [-0.39, 0.29) is 11.9 Å². The SMILES string of the molecule is COC(C)(C)CNC(=O)N1CCCC(C(C)(C)C(=O)O)C1. The number of ether oxygens (including phenoxy) is 1. The van der Waals surface area contributed by atoms with Crippen molar-refractivity contribution in [1.29, 1.82) is 0 Å². The fraction of sp³-hybridized carbons (Fsp3) is 0.867. The number of hydrogen-bond acceptors (Lipinski definition) is 3. The molecule has 122 valence electrons. The zero-order valence-electron chi connectivity index (χ0n) is 13.7. The highest BCUT2D eigenvalue weighted by molar-refractivity contribution is 5.76. The van der Waals surface area contributed by atoms with Gasteiger partial charge in [-0.25, -0.2) is 4.79 Å². The van der Waals surface area contributed by atoms with E-state index in [0.29, 0.717) is 19.6 Å². The molecular formula is C15H28N2O4. The first-order chi connectivity index (χ1) is 9.60. The molecule has 1 aliphatic rings. The molecule has 6 heteroatoms. The summed E-state index contributed by atoms with van der Waals surface area (Å²) in [5, 5.41) is 12.2. The number of carbonyl (C=O) groups is 2. The van der Waals surface area contributed by atoms with Crippen LogP contribution in [-0.2, 0) is 9.53 Å². The summed E-state index contributed by atoms with van der Waals surface area (Å²) in [7, 11) is 1.61. The number of piperidine rings is 1. The van der Waals surface area contributed by atoms with E-state index in [2.05, 4.69) is 5.32 Å². The largest absolute Gasteiger partial charge is 0.481 e. The maximum absolute atomic E-state index is 12.2. The van der Waals surface area contributed by atoms with Crippen molar-refractivity contribution in [2.45, 2.75) is 46.1 Å². The second-order valence-electron chi connectivity index (χ2n) is 6.93. The zero-order chi connectivity index (χ0) is 16.3. The Morgan fingerprint density at radius 1 is 1.33 bits per heavy atom. The number of carboxylic acids is 1. The molecule has 0 spiro atoms. The van der Waals surface area contributed by atoms with Gasteiger partial charge in [0.1, 0.15) is 0 Å². The lowest BCUT2D eigenvalue weighted by Crippen LogP contribution is -2.52. The number of urea groups is 1. The number of nitrogens with zero attached hydrogens (tertiary/aromatic N) is 1. The van der Waals surface area contributed by atoms with Gasteiger partial charge in [0.25, 0.3) is 0 Å². The molecule has 1 atom stereocenters. The molecule has 21 heavy (non-hydrogen) atoms.